The van der Waals surface area contributed by atoms with Crippen LogP contribution < -0.4 is 0 Å². The van der Waals surface area contributed by atoms with Crippen molar-refractivity contribution in [2.75, 3.05) is 0 Å². The number of aryl methyl sites for hydroxylation is 1. The van der Waals surface area contributed by atoms with Crippen LogP contribution in [0.25, 0.3) is 16.8 Å². The van der Waals surface area contributed by atoms with Crippen LogP contribution >= 0.6 is 0 Å². The van der Waals surface area contributed by atoms with E-state index in [-0.39, 0.29) is 0 Å². The summed E-state index contributed by atoms with van der Waals surface area (Å²) in [6.07, 6.45) is 4.32. The molecule has 0 aliphatic heterocycles. The van der Waals surface area contributed by atoms with Gasteiger partial charge >= 0.3 is 0 Å². The van der Waals surface area contributed by atoms with E-state index in [1.165, 1.54) is 33.9 Å². The van der Waals surface area contributed by atoms with Crippen molar-refractivity contribution in [3.8, 4) is 0 Å². The molecule has 0 atom stereocenters. The second-order valence-electron chi connectivity index (χ2n) is 5.19. The monoisotopic (exact) mass is 238 g/mol. The molecule has 0 aliphatic rings. The molecule has 0 spiro atoms. The number of fused-ring (bicyclic) bond motifs is 1. The van der Waals surface area contributed by atoms with E-state index in [1.54, 1.807) is 0 Å². The lowest BCUT2D eigenvalue weighted by Crippen LogP contribution is -1.97. The van der Waals surface area contributed by atoms with Crippen LogP contribution in [0.15, 0.2) is 36.9 Å². The van der Waals surface area contributed by atoms with Crippen molar-refractivity contribution in [1.29, 1.82) is 0 Å². The molecule has 0 nitrogen and oxygen atoms in total. The fraction of sp³-hybridized carbons (Fsp3) is 0.333. The van der Waals surface area contributed by atoms with Crippen LogP contribution in [-0.2, 0) is 6.42 Å². The van der Waals surface area contributed by atoms with Crippen LogP contribution in [0.3, 0.4) is 0 Å². The first-order valence-electron chi connectivity index (χ1n) is 6.86. The van der Waals surface area contributed by atoms with Crippen molar-refractivity contribution in [2.45, 2.75) is 39.5 Å². The Bertz CT molecular complexity index is 562. The summed E-state index contributed by atoms with van der Waals surface area (Å²) in [5, 5.41) is 2.73. The third kappa shape index (κ3) is 2.20. The minimum Gasteiger partial charge on any atom is -0.0984 e. The Morgan fingerprint density at radius 2 is 1.83 bits per heavy atom. The van der Waals surface area contributed by atoms with E-state index < -0.39 is 0 Å². The zero-order valence-corrected chi connectivity index (χ0v) is 11.7. The molecule has 0 aromatic heterocycles. The van der Waals surface area contributed by atoms with Crippen molar-refractivity contribution in [3.05, 3.63) is 53.6 Å². The molecule has 0 saturated heterocycles. The lowest BCUT2D eigenvalue weighted by Gasteiger charge is -2.16. The first-order valence-corrected chi connectivity index (χ1v) is 6.86. The normalized spacial score (nSPS) is 11.1. The molecule has 2 aromatic carbocycles. The Labute approximate surface area is 110 Å². The van der Waals surface area contributed by atoms with E-state index in [2.05, 4.69) is 57.7 Å². The molecule has 0 bridgehead atoms. The fourth-order valence-electron chi connectivity index (χ4n) is 2.68. The summed E-state index contributed by atoms with van der Waals surface area (Å²) in [4.78, 5) is 0. The maximum Gasteiger partial charge on any atom is -0.0106 e. The summed E-state index contributed by atoms with van der Waals surface area (Å²) in [5.41, 5.74) is 4.21. The standard InChI is InChI=1S/C18H22/c1-5-9-14-12-18(13(3)4)17-11-8-7-10-16(17)15(14)6-2/h6-8,10-13H,2,5,9H2,1,3-4H3. The van der Waals surface area contributed by atoms with Crippen LogP contribution in [0.5, 0.6) is 0 Å². The molecule has 2 aromatic rings. The molecule has 0 heteroatoms. The first-order chi connectivity index (χ1) is 8.69. The van der Waals surface area contributed by atoms with E-state index in [4.69, 9.17) is 0 Å². The minimum atomic E-state index is 0.560. The van der Waals surface area contributed by atoms with E-state index in [0.717, 1.165) is 6.42 Å². The molecule has 0 N–H and O–H groups in total. The highest BCUT2D eigenvalue weighted by Gasteiger charge is 2.11. The smallest absolute Gasteiger partial charge is 0.0106 e. The van der Waals surface area contributed by atoms with E-state index in [0.29, 0.717) is 5.92 Å². The average molecular weight is 238 g/mol. The second-order valence-corrected chi connectivity index (χ2v) is 5.19. The highest BCUT2D eigenvalue weighted by Crippen LogP contribution is 2.32. The van der Waals surface area contributed by atoms with E-state index in [1.807, 2.05) is 6.08 Å². The number of rotatable bonds is 4. The molecule has 0 fully saturated rings. The molecule has 0 amide bonds. The lowest BCUT2D eigenvalue weighted by atomic mass is 9.88. The maximum atomic E-state index is 4.00. The highest BCUT2D eigenvalue weighted by molar-refractivity contribution is 5.94. The van der Waals surface area contributed by atoms with Gasteiger partial charge in [0.2, 0.25) is 0 Å². The van der Waals surface area contributed by atoms with Crippen molar-refractivity contribution in [1.82, 2.24) is 0 Å². The Balaban J connectivity index is 2.81. The zero-order chi connectivity index (χ0) is 13.1. The summed E-state index contributed by atoms with van der Waals surface area (Å²) in [6, 6.07) is 11.1. The molecule has 0 saturated carbocycles. The Morgan fingerprint density at radius 3 is 2.39 bits per heavy atom. The summed E-state index contributed by atoms with van der Waals surface area (Å²) >= 11 is 0. The molecular weight excluding hydrogens is 216 g/mol. The molecule has 0 heterocycles. The Kier molecular flexibility index (Phi) is 3.86. The summed E-state index contributed by atoms with van der Waals surface area (Å²) in [7, 11) is 0. The van der Waals surface area contributed by atoms with Crippen LogP contribution in [0.1, 0.15) is 49.8 Å². The Morgan fingerprint density at radius 1 is 1.17 bits per heavy atom. The van der Waals surface area contributed by atoms with Crippen LogP contribution in [0.2, 0.25) is 0 Å². The van der Waals surface area contributed by atoms with Gasteiger partial charge in [-0.1, -0.05) is 70.2 Å². The van der Waals surface area contributed by atoms with Gasteiger partial charge < -0.3 is 0 Å². The molecule has 0 unspecified atom stereocenters. The predicted octanol–water partition coefficient (Wildman–Crippen LogP) is 5.56. The predicted molar refractivity (Wildman–Crippen MR) is 82.1 cm³/mol. The summed E-state index contributed by atoms with van der Waals surface area (Å²) < 4.78 is 0. The SMILES string of the molecule is C=Cc1c(CCC)cc(C(C)C)c2ccccc12. The maximum absolute atomic E-state index is 4.00. The van der Waals surface area contributed by atoms with Crippen LogP contribution in [0.4, 0.5) is 0 Å². The fourth-order valence-corrected chi connectivity index (χ4v) is 2.68. The van der Waals surface area contributed by atoms with Crippen molar-refractivity contribution < 1.29 is 0 Å². The van der Waals surface area contributed by atoms with Gasteiger partial charge in [-0.3, -0.25) is 0 Å². The molecule has 94 valence electrons. The minimum absolute atomic E-state index is 0.560. The quantitative estimate of drug-likeness (QED) is 0.654. The summed E-state index contributed by atoms with van der Waals surface area (Å²) in [6.45, 7) is 10.8. The van der Waals surface area contributed by atoms with Gasteiger partial charge in [-0.15, -0.1) is 0 Å². The topological polar surface area (TPSA) is 0 Å². The van der Waals surface area contributed by atoms with Gasteiger partial charge in [0.1, 0.15) is 0 Å². The number of benzene rings is 2. The van der Waals surface area contributed by atoms with Crippen LogP contribution in [0, 0.1) is 0 Å². The zero-order valence-electron chi connectivity index (χ0n) is 11.7. The Hall–Kier alpha value is -1.56. The van der Waals surface area contributed by atoms with Gasteiger partial charge in [-0.25, -0.2) is 0 Å². The molecule has 0 radical (unpaired) electrons. The van der Waals surface area contributed by atoms with Gasteiger partial charge in [0.05, 0.1) is 0 Å². The second kappa shape index (κ2) is 5.39. The number of hydrogen-bond acceptors (Lipinski definition) is 0. The summed E-state index contributed by atoms with van der Waals surface area (Å²) in [5.74, 6) is 0.560. The molecular formula is C18H22. The van der Waals surface area contributed by atoms with Crippen molar-refractivity contribution in [2.24, 2.45) is 0 Å². The van der Waals surface area contributed by atoms with Gasteiger partial charge in [0, 0.05) is 0 Å². The third-order valence-corrected chi connectivity index (χ3v) is 3.55. The van der Waals surface area contributed by atoms with Gasteiger partial charge in [0.25, 0.3) is 0 Å². The average Bonchev–Trinajstić information content (AvgIpc) is 2.38. The first kappa shape index (κ1) is 12.9. The van der Waals surface area contributed by atoms with Crippen LogP contribution in [-0.4, -0.2) is 0 Å². The molecule has 0 aliphatic carbocycles. The van der Waals surface area contributed by atoms with Gasteiger partial charge in [0.15, 0.2) is 0 Å². The van der Waals surface area contributed by atoms with Gasteiger partial charge in [-0.05, 0) is 39.8 Å². The molecule has 2 rings (SSSR count). The highest BCUT2D eigenvalue weighted by atomic mass is 14.2. The third-order valence-electron chi connectivity index (χ3n) is 3.55. The van der Waals surface area contributed by atoms with Crippen molar-refractivity contribution >= 4 is 16.8 Å². The van der Waals surface area contributed by atoms with E-state index in [9.17, 15) is 0 Å². The largest absolute Gasteiger partial charge is 0.0984 e. The number of hydrogen-bond donors (Lipinski definition) is 0. The molecule has 18 heavy (non-hydrogen) atoms. The van der Waals surface area contributed by atoms with E-state index >= 15 is 0 Å². The lowest BCUT2D eigenvalue weighted by molar-refractivity contribution is 0.863. The van der Waals surface area contributed by atoms with Gasteiger partial charge in [-0.2, -0.15) is 0 Å². The van der Waals surface area contributed by atoms with Crippen molar-refractivity contribution in [3.63, 3.8) is 0 Å².